The molecule has 1 amide bonds. The van der Waals surface area contributed by atoms with Crippen molar-refractivity contribution in [3.05, 3.63) is 29.8 Å². The van der Waals surface area contributed by atoms with Gasteiger partial charge in [0.25, 0.3) is 5.91 Å². The molecule has 1 aromatic rings. The molecule has 4 nitrogen and oxygen atoms in total. The van der Waals surface area contributed by atoms with Gasteiger partial charge in [0, 0.05) is 17.6 Å². The van der Waals surface area contributed by atoms with Gasteiger partial charge in [-0.25, -0.2) is 0 Å². The van der Waals surface area contributed by atoms with E-state index in [1.807, 2.05) is 0 Å². The highest BCUT2D eigenvalue weighted by Gasteiger charge is 2.31. The fourth-order valence-corrected chi connectivity index (χ4v) is 2.63. The van der Waals surface area contributed by atoms with Gasteiger partial charge in [-0.1, -0.05) is 25.3 Å². The van der Waals surface area contributed by atoms with E-state index in [1.165, 1.54) is 12.1 Å². The first kappa shape index (κ1) is 19.6. The van der Waals surface area contributed by atoms with Crippen molar-refractivity contribution < 1.29 is 22.7 Å². The molecule has 130 valence electrons. The Morgan fingerprint density at radius 1 is 1.26 bits per heavy atom. The lowest BCUT2D eigenvalue weighted by atomic mass is 9.82. The van der Waals surface area contributed by atoms with Crippen LogP contribution < -0.4 is 15.8 Å². The van der Waals surface area contributed by atoms with E-state index in [2.05, 4.69) is 10.1 Å². The summed E-state index contributed by atoms with van der Waals surface area (Å²) in [6, 6.07) is 4.99. The zero-order valence-electron chi connectivity index (χ0n) is 12.5. The van der Waals surface area contributed by atoms with Gasteiger partial charge in [0.05, 0.1) is 0 Å². The molecule has 2 rings (SSSR count). The third-order valence-corrected chi connectivity index (χ3v) is 3.78. The van der Waals surface area contributed by atoms with Crippen molar-refractivity contribution >= 4 is 18.3 Å². The maximum atomic E-state index is 12.2. The van der Waals surface area contributed by atoms with Crippen LogP contribution >= 0.6 is 12.4 Å². The molecule has 23 heavy (non-hydrogen) atoms. The minimum absolute atomic E-state index is 0. The van der Waals surface area contributed by atoms with E-state index in [-0.39, 0.29) is 18.0 Å². The summed E-state index contributed by atoms with van der Waals surface area (Å²) in [5, 5.41) is 2.70. The van der Waals surface area contributed by atoms with E-state index in [4.69, 9.17) is 5.73 Å². The Labute approximate surface area is 139 Å². The second kappa shape index (κ2) is 7.88. The topological polar surface area (TPSA) is 64.3 Å². The van der Waals surface area contributed by atoms with Crippen molar-refractivity contribution in [2.45, 2.75) is 44.0 Å². The van der Waals surface area contributed by atoms with Gasteiger partial charge < -0.3 is 15.8 Å². The van der Waals surface area contributed by atoms with E-state index >= 15 is 0 Å². The highest BCUT2D eigenvalue weighted by Crippen LogP contribution is 2.26. The molecule has 8 heteroatoms. The molecule has 0 aliphatic heterocycles. The average Bonchev–Trinajstić information content (AvgIpc) is 2.44. The third kappa shape index (κ3) is 6.27. The van der Waals surface area contributed by atoms with Crippen molar-refractivity contribution in [1.82, 2.24) is 5.32 Å². The summed E-state index contributed by atoms with van der Waals surface area (Å²) in [5.74, 6) is -0.872. The molecule has 0 radical (unpaired) electrons. The summed E-state index contributed by atoms with van der Waals surface area (Å²) < 4.78 is 40.3. The predicted molar refractivity (Wildman–Crippen MR) is 82.7 cm³/mol. The fourth-order valence-electron chi connectivity index (χ4n) is 2.63. The van der Waals surface area contributed by atoms with Gasteiger partial charge in [-0.3, -0.25) is 4.79 Å². The predicted octanol–water partition coefficient (Wildman–Crippen LogP) is 3.40. The summed E-state index contributed by atoms with van der Waals surface area (Å²) in [6.07, 6.45) is 0.0970. The van der Waals surface area contributed by atoms with E-state index in [0.29, 0.717) is 6.54 Å². The summed E-state index contributed by atoms with van der Waals surface area (Å²) in [4.78, 5) is 12.0. The summed E-state index contributed by atoms with van der Waals surface area (Å²) in [6.45, 7) is 0.316. The molecule has 0 aromatic heterocycles. The Balaban J connectivity index is 0.00000264. The number of nitrogens with two attached hydrogens (primary N) is 1. The van der Waals surface area contributed by atoms with Crippen LogP contribution in [0.5, 0.6) is 5.75 Å². The van der Waals surface area contributed by atoms with E-state index < -0.39 is 23.6 Å². The molecule has 0 heterocycles. The SMILES string of the molecule is Cl.NC1(CNC(=O)c2cccc(OC(F)(F)F)c2)CCCCC1. The van der Waals surface area contributed by atoms with Crippen molar-refractivity contribution in [3.8, 4) is 5.75 Å². The number of carbonyl (C=O) groups is 1. The zero-order chi connectivity index (χ0) is 16.2. The highest BCUT2D eigenvalue weighted by molar-refractivity contribution is 5.94. The highest BCUT2D eigenvalue weighted by atomic mass is 35.5. The lowest BCUT2D eigenvalue weighted by Crippen LogP contribution is -2.51. The molecule has 0 saturated heterocycles. The van der Waals surface area contributed by atoms with Crippen LogP contribution in [-0.4, -0.2) is 24.4 Å². The van der Waals surface area contributed by atoms with Crippen molar-refractivity contribution in [2.24, 2.45) is 5.73 Å². The van der Waals surface area contributed by atoms with Crippen molar-refractivity contribution in [2.75, 3.05) is 6.54 Å². The quantitative estimate of drug-likeness (QED) is 0.873. The molecule has 0 spiro atoms. The minimum Gasteiger partial charge on any atom is -0.406 e. The van der Waals surface area contributed by atoms with Crippen LogP contribution in [-0.2, 0) is 0 Å². The van der Waals surface area contributed by atoms with Crippen molar-refractivity contribution in [1.29, 1.82) is 0 Å². The Morgan fingerprint density at radius 2 is 1.91 bits per heavy atom. The molecule has 0 bridgehead atoms. The molecular formula is C15H20ClF3N2O2. The molecule has 1 aromatic carbocycles. The lowest BCUT2D eigenvalue weighted by Gasteiger charge is -2.33. The minimum atomic E-state index is -4.78. The summed E-state index contributed by atoms with van der Waals surface area (Å²) >= 11 is 0. The smallest absolute Gasteiger partial charge is 0.406 e. The van der Waals surface area contributed by atoms with E-state index in [9.17, 15) is 18.0 Å². The van der Waals surface area contributed by atoms with Crippen LogP contribution in [0.2, 0.25) is 0 Å². The number of benzene rings is 1. The molecule has 1 aliphatic rings. The van der Waals surface area contributed by atoms with Crippen LogP contribution in [0.1, 0.15) is 42.5 Å². The van der Waals surface area contributed by atoms with Gasteiger partial charge in [0.1, 0.15) is 5.75 Å². The first-order valence-electron chi connectivity index (χ1n) is 7.20. The van der Waals surface area contributed by atoms with E-state index in [1.54, 1.807) is 0 Å². The zero-order valence-corrected chi connectivity index (χ0v) is 13.3. The van der Waals surface area contributed by atoms with Gasteiger partial charge in [-0.2, -0.15) is 0 Å². The maximum Gasteiger partial charge on any atom is 0.573 e. The molecule has 0 atom stereocenters. The summed E-state index contributed by atoms with van der Waals surface area (Å²) in [7, 11) is 0. The van der Waals surface area contributed by atoms with Gasteiger partial charge in [-0.05, 0) is 31.0 Å². The standard InChI is InChI=1S/C15H19F3N2O2.ClH/c16-15(17,18)22-12-6-4-5-11(9-12)13(21)20-10-14(19)7-2-1-3-8-14;/h4-6,9H,1-3,7-8,10,19H2,(H,20,21);1H. The first-order chi connectivity index (χ1) is 10.3. The molecule has 3 N–H and O–H groups in total. The normalized spacial score (nSPS) is 17.0. The molecule has 1 fully saturated rings. The fraction of sp³-hybridized carbons (Fsp3) is 0.533. The number of halogens is 4. The van der Waals surface area contributed by atoms with Gasteiger partial charge in [-0.15, -0.1) is 25.6 Å². The van der Waals surface area contributed by atoms with Crippen LogP contribution in [0.3, 0.4) is 0 Å². The Morgan fingerprint density at radius 3 is 2.52 bits per heavy atom. The van der Waals surface area contributed by atoms with E-state index in [0.717, 1.165) is 44.2 Å². The maximum absolute atomic E-state index is 12.2. The Bertz CT molecular complexity index is 532. The number of carbonyl (C=O) groups excluding carboxylic acids is 1. The molecule has 0 unspecified atom stereocenters. The number of rotatable bonds is 4. The average molecular weight is 353 g/mol. The molecular weight excluding hydrogens is 333 g/mol. The van der Waals surface area contributed by atoms with Crippen molar-refractivity contribution in [3.63, 3.8) is 0 Å². The third-order valence-electron chi connectivity index (χ3n) is 3.78. The van der Waals surface area contributed by atoms with Crippen LogP contribution in [0.4, 0.5) is 13.2 Å². The largest absolute Gasteiger partial charge is 0.573 e. The number of amides is 1. The Kier molecular flexibility index (Phi) is 6.70. The Hall–Kier alpha value is -1.47. The molecule has 1 aliphatic carbocycles. The number of alkyl halides is 3. The number of hydrogen-bond acceptors (Lipinski definition) is 3. The number of nitrogens with one attached hydrogen (secondary N) is 1. The lowest BCUT2D eigenvalue weighted by molar-refractivity contribution is -0.274. The second-order valence-electron chi connectivity index (χ2n) is 5.68. The first-order valence-corrected chi connectivity index (χ1v) is 7.20. The van der Waals surface area contributed by atoms with Gasteiger partial charge >= 0.3 is 6.36 Å². The van der Waals surface area contributed by atoms with Gasteiger partial charge in [0.2, 0.25) is 0 Å². The monoisotopic (exact) mass is 352 g/mol. The van der Waals surface area contributed by atoms with Crippen LogP contribution in [0.25, 0.3) is 0 Å². The number of ether oxygens (including phenoxy) is 1. The van der Waals surface area contributed by atoms with Crippen LogP contribution in [0, 0.1) is 0 Å². The molecule has 1 saturated carbocycles. The van der Waals surface area contributed by atoms with Gasteiger partial charge in [0.15, 0.2) is 0 Å². The second-order valence-corrected chi connectivity index (χ2v) is 5.68. The number of hydrogen-bond donors (Lipinski definition) is 2. The van der Waals surface area contributed by atoms with Crippen LogP contribution in [0.15, 0.2) is 24.3 Å². The summed E-state index contributed by atoms with van der Waals surface area (Å²) in [5.41, 5.74) is 5.90.